The molecule has 92 valence electrons. The number of hydrogen-bond donors (Lipinski definition) is 1. The monoisotopic (exact) mass is 223 g/mol. The number of hydrogen-bond acceptors (Lipinski definition) is 1. The highest BCUT2D eigenvalue weighted by Crippen LogP contribution is 2.27. The Morgan fingerprint density at radius 2 is 2.06 bits per heavy atom. The smallest absolute Gasteiger partial charge is 0.220 e. The summed E-state index contributed by atoms with van der Waals surface area (Å²) in [6, 6.07) is 0. The molecule has 2 heteroatoms. The van der Waals surface area contributed by atoms with Gasteiger partial charge >= 0.3 is 0 Å². The Labute approximate surface area is 99.5 Å². The van der Waals surface area contributed by atoms with Gasteiger partial charge in [0.2, 0.25) is 5.91 Å². The first-order valence-corrected chi connectivity index (χ1v) is 6.70. The first kappa shape index (κ1) is 13.3. The number of rotatable bonds is 7. The van der Waals surface area contributed by atoms with Gasteiger partial charge in [-0.15, -0.1) is 6.58 Å². The Morgan fingerprint density at radius 1 is 1.31 bits per heavy atom. The van der Waals surface area contributed by atoms with Gasteiger partial charge in [0.25, 0.3) is 0 Å². The van der Waals surface area contributed by atoms with E-state index in [1.165, 1.54) is 38.5 Å². The molecule has 2 nitrogen and oxygen atoms in total. The van der Waals surface area contributed by atoms with Crippen LogP contribution in [0.4, 0.5) is 0 Å². The van der Waals surface area contributed by atoms with E-state index in [0.29, 0.717) is 6.42 Å². The Hall–Kier alpha value is -0.790. The number of carbonyl (C=O) groups excluding carboxylic acids is 1. The van der Waals surface area contributed by atoms with Crippen molar-refractivity contribution in [1.82, 2.24) is 5.32 Å². The third-order valence-electron chi connectivity index (χ3n) is 3.41. The van der Waals surface area contributed by atoms with E-state index in [2.05, 4.69) is 11.9 Å². The molecule has 1 amide bonds. The fourth-order valence-corrected chi connectivity index (χ4v) is 2.43. The summed E-state index contributed by atoms with van der Waals surface area (Å²) in [6.45, 7) is 4.37. The maximum absolute atomic E-state index is 11.4. The van der Waals surface area contributed by atoms with E-state index in [4.69, 9.17) is 0 Å². The molecule has 0 aromatic rings. The van der Waals surface area contributed by atoms with E-state index in [-0.39, 0.29) is 5.91 Å². The summed E-state index contributed by atoms with van der Waals surface area (Å²) < 4.78 is 0. The maximum atomic E-state index is 11.4. The molecule has 1 fully saturated rings. The maximum Gasteiger partial charge on any atom is 0.220 e. The molecule has 0 aromatic heterocycles. The molecule has 1 N–H and O–H groups in total. The SMILES string of the molecule is C=CCCNC(=O)CCCC1CCCCC1. The second kappa shape index (κ2) is 8.37. The molecular formula is C14H25NO. The van der Waals surface area contributed by atoms with Crippen molar-refractivity contribution in [2.24, 2.45) is 5.92 Å². The van der Waals surface area contributed by atoms with Crippen molar-refractivity contribution in [3.05, 3.63) is 12.7 Å². The highest BCUT2D eigenvalue weighted by Gasteiger charge is 2.13. The quantitative estimate of drug-likeness (QED) is 0.520. The van der Waals surface area contributed by atoms with Gasteiger partial charge in [-0.05, 0) is 25.2 Å². The molecule has 1 saturated carbocycles. The normalized spacial score (nSPS) is 17.0. The fourth-order valence-electron chi connectivity index (χ4n) is 2.43. The third kappa shape index (κ3) is 5.94. The van der Waals surface area contributed by atoms with Crippen LogP contribution in [0, 0.1) is 5.92 Å². The Balaban J connectivity index is 1.96. The van der Waals surface area contributed by atoms with E-state index in [0.717, 1.165) is 25.3 Å². The van der Waals surface area contributed by atoms with Crippen molar-refractivity contribution < 1.29 is 4.79 Å². The number of amides is 1. The summed E-state index contributed by atoms with van der Waals surface area (Å²) in [6.07, 6.45) is 12.7. The van der Waals surface area contributed by atoms with Gasteiger partial charge < -0.3 is 5.32 Å². The van der Waals surface area contributed by atoms with E-state index in [1.54, 1.807) is 0 Å². The van der Waals surface area contributed by atoms with Crippen LogP contribution < -0.4 is 5.32 Å². The van der Waals surface area contributed by atoms with Gasteiger partial charge in [-0.1, -0.05) is 38.2 Å². The van der Waals surface area contributed by atoms with Crippen molar-refractivity contribution in [2.45, 2.75) is 57.8 Å². The molecule has 0 bridgehead atoms. The lowest BCUT2D eigenvalue weighted by atomic mass is 9.86. The van der Waals surface area contributed by atoms with Crippen LogP contribution in [0.25, 0.3) is 0 Å². The first-order valence-electron chi connectivity index (χ1n) is 6.70. The second-order valence-corrected chi connectivity index (χ2v) is 4.82. The summed E-state index contributed by atoms with van der Waals surface area (Å²) >= 11 is 0. The largest absolute Gasteiger partial charge is 0.356 e. The summed E-state index contributed by atoms with van der Waals surface area (Å²) in [5.41, 5.74) is 0. The van der Waals surface area contributed by atoms with Crippen LogP contribution in [0.1, 0.15) is 57.8 Å². The van der Waals surface area contributed by atoms with Crippen molar-refractivity contribution >= 4 is 5.91 Å². The van der Waals surface area contributed by atoms with Crippen LogP contribution >= 0.6 is 0 Å². The highest BCUT2D eigenvalue weighted by atomic mass is 16.1. The van der Waals surface area contributed by atoms with Crippen LogP contribution in [0.15, 0.2) is 12.7 Å². The lowest BCUT2D eigenvalue weighted by Crippen LogP contribution is -2.23. The predicted molar refractivity (Wildman–Crippen MR) is 68.2 cm³/mol. The lowest BCUT2D eigenvalue weighted by molar-refractivity contribution is -0.121. The predicted octanol–water partition coefficient (Wildman–Crippen LogP) is 3.43. The van der Waals surface area contributed by atoms with Crippen molar-refractivity contribution in [3.63, 3.8) is 0 Å². The average Bonchev–Trinajstić information content (AvgIpc) is 2.31. The van der Waals surface area contributed by atoms with Gasteiger partial charge in [-0.2, -0.15) is 0 Å². The molecular weight excluding hydrogens is 198 g/mol. The fraction of sp³-hybridized carbons (Fsp3) is 0.786. The van der Waals surface area contributed by atoms with Gasteiger partial charge in [-0.3, -0.25) is 4.79 Å². The molecule has 0 saturated heterocycles. The highest BCUT2D eigenvalue weighted by molar-refractivity contribution is 5.75. The van der Waals surface area contributed by atoms with Gasteiger partial charge in [-0.25, -0.2) is 0 Å². The molecule has 0 unspecified atom stereocenters. The summed E-state index contributed by atoms with van der Waals surface area (Å²) in [4.78, 5) is 11.4. The van der Waals surface area contributed by atoms with Crippen LogP contribution in [0.2, 0.25) is 0 Å². The zero-order valence-corrected chi connectivity index (χ0v) is 10.3. The van der Waals surface area contributed by atoms with E-state index in [9.17, 15) is 4.79 Å². The molecule has 0 heterocycles. The Bertz CT molecular complexity index is 207. The third-order valence-corrected chi connectivity index (χ3v) is 3.41. The lowest BCUT2D eigenvalue weighted by Gasteiger charge is -2.21. The Kier molecular flexibility index (Phi) is 6.95. The van der Waals surface area contributed by atoms with Crippen LogP contribution in [0.3, 0.4) is 0 Å². The first-order chi connectivity index (χ1) is 7.83. The van der Waals surface area contributed by atoms with Crippen molar-refractivity contribution in [1.29, 1.82) is 0 Å². The molecule has 0 atom stereocenters. The molecule has 1 rings (SSSR count). The molecule has 0 aliphatic heterocycles. The minimum atomic E-state index is 0.206. The van der Waals surface area contributed by atoms with Crippen molar-refractivity contribution in [3.8, 4) is 0 Å². The molecule has 1 aliphatic rings. The second-order valence-electron chi connectivity index (χ2n) is 4.82. The molecule has 0 spiro atoms. The summed E-state index contributed by atoms with van der Waals surface area (Å²) in [7, 11) is 0. The molecule has 1 aliphatic carbocycles. The summed E-state index contributed by atoms with van der Waals surface area (Å²) in [5.74, 6) is 1.10. The number of nitrogens with one attached hydrogen (secondary N) is 1. The van der Waals surface area contributed by atoms with Crippen LogP contribution in [-0.2, 0) is 4.79 Å². The standard InChI is InChI=1S/C14H25NO/c1-2-3-12-15-14(16)11-7-10-13-8-5-4-6-9-13/h2,13H,1,3-12H2,(H,15,16). The molecule has 16 heavy (non-hydrogen) atoms. The van der Waals surface area contributed by atoms with Crippen LogP contribution in [0.5, 0.6) is 0 Å². The zero-order valence-electron chi connectivity index (χ0n) is 10.3. The topological polar surface area (TPSA) is 29.1 Å². The summed E-state index contributed by atoms with van der Waals surface area (Å²) in [5, 5.41) is 2.91. The Morgan fingerprint density at radius 3 is 2.75 bits per heavy atom. The van der Waals surface area contributed by atoms with Gasteiger partial charge in [0.1, 0.15) is 0 Å². The van der Waals surface area contributed by atoms with Crippen molar-refractivity contribution in [2.75, 3.05) is 6.54 Å². The van der Waals surface area contributed by atoms with E-state index < -0.39 is 0 Å². The molecule has 0 radical (unpaired) electrons. The van der Waals surface area contributed by atoms with E-state index in [1.807, 2.05) is 6.08 Å². The van der Waals surface area contributed by atoms with Crippen LogP contribution in [-0.4, -0.2) is 12.5 Å². The minimum Gasteiger partial charge on any atom is -0.356 e. The zero-order chi connectivity index (χ0) is 11.6. The minimum absolute atomic E-state index is 0.206. The van der Waals surface area contributed by atoms with Gasteiger partial charge in [0.15, 0.2) is 0 Å². The number of carbonyl (C=O) groups is 1. The molecule has 0 aromatic carbocycles. The average molecular weight is 223 g/mol. The van der Waals surface area contributed by atoms with E-state index >= 15 is 0 Å². The van der Waals surface area contributed by atoms with Gasteiger partial charge in [0, 0.05) is 13.0 Å². The van der Waals surface area contributed by atoms with Gasteiger partial charge in [0.05, 0.1) is 0 Å².